The molecule has 0 atom stereocenters. The second-order valence-corrected chi connectivity index (χ2v) is 5.14. The number of methoxy groups -OCH3 is 1. The molecule has 0 fully saturated rings. The predicted octanol–water partition coefficient (Wildman–Crippen LogP) is 3.53. The smallest absolute Gasteiger partial charge is 0.340 e. The van der Waals surface area contributed by atoms with E-state index in [4.69, 9.17) is 4.74 Å². The number of phenolic OH excluding ortho intramolecular Hbond substituents is 1. The number of benzene rings is 2. The summed E-state index contributed by atoms with van der Waals surface area (Å²) in [4.78, 5) is 15.9. The van der Waals surface area contributed by atoms with Gasteiger partial charge in [0.15, 0.2) is 0 Å². The van der Waals surface area contributed by atoms with Gasteiger partial charge in [0.2, 0.25) is 0 Å². The van der Waals surface area contributed by atoms with E-state index in [1.165, 1.54) is 7.11 Å². The van der Waals surface area contributed by atoms with Crippen LogP contribution in [-0.2, 0) is 4.74 Å². The molecule has 0 aliphatic heterocycles. The molecule has 0 spiro atoms. The quantitative estimate of drug-likeness (QED) is 0.503. The Morgan fingerprint density at radius 3 is 2.75 bits per heavy atom. The summed E-state index contributed by atoms with van der Waals surface area (Å²) >= 11 is 2.04. The molecule has 0 aromatic heterocycles. The summed E-state index contributed by atoms with van der Waals surface area (Å²) in [5.41, 5.74) is 1.80. The van der Waals surface area contributed by atoms with Crippen molar-refractivity contribution in [2.45, 2.75) is 0 Å². The zero-order chi connectivity index (χ0) is 14.5. The van der Waals surface area contributed by atoms with E-state index in [9.17, 15) is 9.90 Å². The summed E-state index contributed by atoms with van der Waals surface area (Å²) in [6.07, 6.45) is 1.64. The lowest BCUT2D eigenvalue weighted by molar-refractivity contribution is 0.0601. The molecule has 4 nitrogen and oxygen atoms in total. The highest BCUT2D eigenvalue weighted by atomic mass is 127. The fourth-order valence-electron chi connectivity index (χ4n) is 1.62. The minimum Gasteiger partial charge on any atom is -0.507 e. The van der Waals surface area contributed by atoms with Crippen LogP contribution >= 0.6 is 22.6 Å². The highest BCUT2D eigenvalue weighted by molar-refractivity contribution is 14.1. The molecule has 1 N–H and O–H groups in total. The number of phenols is 1. The van der Waals surface area contributed by atoms with Gasteiger partial charge in [-0.05, 0) is 58.5 Å². The second kappa shape index (κ2) is 6.51. The summed E-state index contributed by atoms with van der Waals surface area (Å²) < 4.78 is 5.46. The van der Waals surface area contributed by atoms with Crippen molar-refractivity contribution < 1.29 is 14.6 Å². The van der Waals surface area contributed by atoms with Crippen molar-refractivity contribution >= 4 is 40.5 Å². The van der Waals surface area contributed by atoms with Gasteiger partial charge in [-0.1, -0.05) is 12.1 Å². The van der Waals surface area contributed by atoms with Crippen molar-refractivity contribution in [1.82, 2.24) is 0 Å². The van der Waals surface area contributed by atoms with Crippen LogP contribution in [0.4, 0.5) is 5.69 Å². The lowest BCUT2D eigenvalue weighted by Crippen LogP contribution is -2.01. The molecule has 0 saturated carbocycles. The molecular weight excluding hydrogens is 369 g/mol. The molecular formula is C15H12INO3. The van der Waals surface area contributed by atoms with Gasteiger partial charge >= 0.3 is 5.97 Å². The third-order valence-corrected chi connectivity index (χ3v) is 3.50. The Balaban J connectivity index is 2.31. The van der Waals surface area contributed by atoms with E-state index in [1.807, 2.05) is 22.6 Å². The topological polar surface area (TPSA) is 58.9 Å². The van der Waals surface area contributed by atoms with E-state index >= 15 is 0 Å². The maximum atomic E-state index is 11.6. The number of hydrogen-bond acceptors (Lipinski definition) is 4. The maximum Gasteiger partial charge on any atom is 0.340 e. The van der Waals surface area contributed by atoms with E-state index in [-0.39, 0.29) is 5.75 Å². The largest absolute Gasteiger partial charge is 0.507 e. The van der Waals surface area contributed by atoms with Gasteiger partial charge in [0.25, 0.3) is 0 Å². The van der Waals surface area contributed by atoms with E-state index in [1.54, 1.807) is 48.7 Å². The van der Waals surface area contributed by atoms with Crippen molar-refractivity contribution in [3.05, 3.63) is 57.2 Å². The zero-order valence-electron chi connectivity index (χ0n) is 10.7. The van der Waals surface area contributed by atoms with Gasteiger partial charge in [-0.25, -0.2) is 4.79 Å². The van der Waals surface area contributed by atoms with E-state index < -0.39 is 5.97 Å². The van der Waals surface area contributed by atoms with Crippen LogP contribution in [0.25, 0.3) is 0 Å². The summed E-state index contributed by atoms with van der Waals surface area (Å²) in [7, 11) is 1.34. The van der Waals surface area contributed by atoms with E-state index in [0.29, 0.717) is 11.3 Å². The lowest BCUT2D eigenvalue weighted by atomic mass is 10.2. The fraction of sp³-hybridized carbons (Fsp3) is 0.0667. The van der Waals surface area contributed by atoms with Crippen LogP contribution in [0.15, 0.2) is 47.5 Å². The predicted molar refractivity (Wildman–Crippen MR) is 85.9 cm³/mol. The third-order valence-electron chi connectivity index (χ3n) is 2.63. The number of ether oxygens (including phenoxy) is 1. The van der Waals surface area contributed by atoms with Crippen LogP contribution in [0.3, 0.4) is 0 Å². The number of nitrogens with zero attached hydrogens (tertiary/aromatic N) is 1. The number of aromatic hydroxyl groups is 1. The minimum atomic E-state index is -0.418. The summed E-state index contributed by atoms with van der Waals surface area (Å²) in [5.74, 6) is -0.184. The molecule has 0 saturated heterocycles. The number of carbonyl (C=O) groups excluding carboxylic acids is 1. The molecule has 0 heterocycles. The van der Waals surface area contributed by atoms with Gasteiger partial charge in [-0.2, -0.15) is 0 Å². The van der Waals surface area contributed by atoms with E-state index in [0.717, 1.165) is 9.13 Å². The average Bonchev–Trinajstić information content (AvgIpc) is 2.48. The normalized spacial score (nSPS) is 10.7. The van der Waals surface area contributed by atoms with Gasteiger partial charge in [0, 0.05) is 6.21 Å². The molecule has 5 heteroatoms. The second-order valence-electron chi connectivity index (χ2n) is 3.98. The first kappa shape index (κ1) is 14.5. The van der Waals surface area contributed by atoms with Crippen molar-refractivity contribution in [3.8, 4) is 5.75 Å². The molecule has 2 rings (SSSR count). The SMILES string of the molecule is COC(=O)c1ccccc1N=Cc1ccc(O)c(I)c1. The number of rotatable bonds is 3. The Bertz CT molecular complexity index is 668. The Hall–Kier alpha value is -1.89. The van der Waals surface area contributed by atoms with Gasteiger partial charge in [0.05, 0.1) is 21.9 Å². The highest BCUT2D eigenvalue weighted by Crippen LogP contribution is 2.22. The van der Waals surface area contributed by atoms with Gasteiger partial charge in [-0.3, -0.25) is 4.99 Å². The van der Waals surface area contributed by atoms with E-state index in [2.05, 4.69) is 4.99 Å². The Labute approximate surface area is 130 Å². The average molecular weight is 381 g/mol. The number of aliphatic imine (C=N–C) groups is 1. The first-order valence-corrected chi connectivity index (χ1v) is 6.89. The number of esters is 1. The van der Waals surface area contributed by atoms with Crippen LogP contribution < -0.4 is 0 Å². The van der Waals surface area contributed by atoms with Crippen molar-refractivity contribution in [2.24, 2.45) is 4.99 Å². The first-order valence-electron chi connectivity index (χ1n) is 5.81. The molecule has 0 aliphatic carbocycles. The lowest BCUT2D eigenvalue weighted by Gasteiger charge is -2.03. The molecule has 0 unspecified atom stereocenters. The number of hydrogen-bond donors (Lipinski definition) is 1. The molecule has 20 heavy (non-hydrogen) atoms. The molecule has 0 radical (unpaired) electrons. The zero-order valence-corrected chi connectivity index (χ0v) is 12.9. The Kier molecular flexibility index (Phi) is 4.73. The van der Waals surface area contributed by atoms with Gasteiger partial charge < -0.3 is 9.84 Å². The number of carbonyl (C=O) groups is 1. The highest BCUT2D eigenvalue weighted by Gasteiger charge is 2.09. The number of halogens is 1. The monoisotopic (exact) mass is 381 g/mol. The fourth-order valence-corrected chi connectivity index (χ4v) is 2.16. The van der Waals surface area contributed by atoms with Crippen molar-refractivity contribution in [3.63, 3.8) is 0 Å². The summed E-state index contributed by atoms with van der Waals surface area (Å²) in [5, 5.41) is 9.46. The first-order chi connectivity index (χ1) is 9.61. The molecule has 2 aromatic rings. The molecule has 0 aliphatic rings. The Morgan fingerprint density at radius 2 is 2.05 bits per heavy atom. The van der Waals surface area contributed by atoms with Crippen LogP contribution in [0.2, 0.25) is 0 Å². The molecule has 102 valence electrons. The summed E-state index contributed by atoms with van der Waals surface area (Å²) in [6.45, 7) is 0. The third kappa shape index (κ3) is 3.36. The van der Waals surface area contributed by atoms with Crippen LogP contribution in [0.5, 0.6) is 5.75 Å². The van der Waals surface area contributed by atoms with Crippen LogP contribution in [0, 0.1) is 3.57 Å². The van der Waals surface area contributed by atoms with Crippen LogP contribution in [0.1, 0.15) is 15.9 Å². The standard InChI is InChI=1S/C15H12INO3/c1-20-15(19)11-4-2-3-5-13(11)17-9-10-6-7-14(18)12(16)8-10/h2-9,18H,1H3. The van der Waals surface area contributed by atoms with Crippen molar-refractivity contribution in [1.29, 1.82) is 0 Å². The maximum absolute atomic E-state index is 11.6. The molecule has 0 bridgehead atoms. The minimum absolute atomic E-state index is 0.234. The van der Waals surface area contributed by atoms with Gasteiger partial charge in [0.1, 0.15) is 5.75 Å². The number of para-hydroxylation sites is 1. The van der Waals surface area contributed by atoms with Crippen molar-refractivity contribution in [2.75, 3.05) is 7.11 Å². The molecule has 2 aromatic carbocycles. The Morgan fingerprint density at radius 1 is 1.30 bits per heavy atom. The molecule has 0 amide bonds. The van der Waals surface area contributed by atoms with Gasteiger partial charge in [-0.15, -0.1) is 0 Å². The summed E-state index contributed by atoms with van der Waals surface area (Å²) in [6, 6.07) is 12.1. The van der Waals surface area contributed by atoms with Crippen LogP contribution in [-0.4, -0.2) is 24.4 Å².